The first-order valence-corrected chi connectivity index (χ1v) is 8.19. The molecule has 0 radical (unpaired) electrons. The topological polar surface area (TPSA) is 59.0 Å². The summed E-state index contributed by atoms with van der Waals surface area (Å²) in [5.74, 6) is 0. The van der Waals surface area contributed by atoms with Gasteiger partial charge in [0.2, 0.25) is 0 Å². The van der Waals surface area contributed by atoms with Gasteiger partial charge < -0.3 is 10.6 Å². The van der Waals surface area contributed by atoms with Gasteiger partial charge in [-0.1, -0.05) is 26.0 Å². The predicted molar refractivity (Wildman–Crippen MR) is 93.9 cm³/mol. The summed E-state index contributed by atoms with van der Waals surface area (Å²) >= 11 is 0. The van der Waals surface area contributed by atoms with Gasteiger partial charge in [0, 0.05) is 25.0 Å². The summed E-state index contributed by atoms with van der Waals surface area (Å²) in [6.07, 6.45) is 4.49. The lowest BCUT2D eigenvalue weighted by molar-refractivity contribution is 0.252. The number of urea groups is 1. The van der Waals surface area contributed by atoms with Gasteiger partial charge in [0.15, 0.2) is 0 Å². The number of carbonyl (C=O) groups is 1. The molecule has 5 heteroatoms. The smallest absolute Gasteiger partial charge is 0.319 e. The molecule has 0 aliphatic carbocycles. The molecule has 0 bridgehead atoms. The van der Waals surface area contributed by atoms with Crippen molar-refractivity contribution in [2.24, 2.45) is 7.05 Å². The molecule has 2 N–H and O–H groups in total. The second kappa shape index (κ2) is 7.81. The van der Waals surface area contributed by atoms with E-state index in [0.29, 0.717) is 6.54 Å². The third-order valence-corrected chi connectivity index (χ3v) is 4.23. The Morgan fingerprint density at radius 1 is 1.22 bits per heavy atom. The van der Waals surface area contributed by atoms with Crippen molar-refractivity contribution in [2.75, 3.05) is 11.9 Å². The van der Waals surface area contributed by atoms with Crippen LogP contribution in [0.4, 0.5) is 10.5 Å². The molecule has 1 heterocycles. The molecule has 1 aromatic heterocycles. The van der Waals surface area contributed by atoms with Crippen LogP contribution in [0.5, 0.6) is 0 Å². The third kappa shape index (κ3) is 4.34. The van der Waals surface area contributed by atoms with Crippen LogP contribution in [0.25, 0.3) is 0 Å². The summed E-state index contributed by atoms with van der Waals surface area (Å²) < 4.78 is 1.85. The minimum atomic E-state index is -0.158. The van der Waals surface area contributed by atoms with Crippen LogP contribution < -0.4 is 10.6 Å². The maximum atomic E-state index is 12.1. The summed E-state index contributed by atoms with van der Waals surface area (Å²) in [7, 11) is 1.92. The molecular weight excluding hydrogens is 288 g/mol. The molecule has 0 saturated carbocycles. The first-order valence-electron chi connectivity index (χ1n) is 8.19. The summed E-state index contributed by atoms with van der Waals surface area (Å²) in [6, 6.07) is 6.11. The predicted octanol–water partition coefficient (Wildman–Crippen LogP) is 3.22. The summed E-state index contributed by atoms with van der Waals surface area (Å²) in [5, 5.41) is 10.1. The molecule has 2 rings (SSSR count). The van der Waals surface area contributed by atoms with E-state index >= 15 is 0 Å². The van der Waals surface area contributed by atoms with Crippen molar-refractivity contribution in [1.29, 1.82) is 0 Å². The largest absolute Gasteiger partial charge is 0.338 e. The van der Waals surface area contributed by atoms with Gasteiger partial charge in [-0.2, -0.15) is 5.10 Å². The Balaban J connectivity index is 1.91. The molecule has 0 saturated heterocycles. The van der Waals surface area contributed by atoms with Gasteiger partial charge in [0.05, 0.1) is 6.20 Å². The zero-order chi connectivity index (χ0) is 16.8. The van der Waals surface area contributed by atoms with E-state index in [1.807, 2.05) is 24.9 Å². The summed E-state index contributed by atoms with van der Waals surface area (Å²) in [5.41, 5.74) is 5.58. The molecule has 2 amide bonds. The standard InChI is InChI=1S/C18H26N4O/c1-5-14-7-8-15(6-2)17(11-14)21-18(23)19-10-9-16-12-20-22(4)13(16)3/h7-8,11-12H,5-6,9-10H2,1-4H3,(H2,19,21,23). The Bertz CT molecular complexity index is 676. The van der Waals surface area contributed by atoms with Crippen LogP contribution in [0, 0.1) is 6.92 Å². The summed E-state index contributed by atoms with van der Waals surface area (Å²) in [6.45, 7) is 6.83. The number of amides is 2. The van der Waals surface area contributed by atoms with E-state index in [-0.39, 0.29) is 6.03 Å². The fraction of sp³-hybridized carbons (Fsp3) is 0.444. The molecule has 0 unspecified atom stereocenters. The highest BCUT2D eigenvalue weighted by Crippen LogP contribution is 2.19. The van der Waals surface area contributed by atoms with Crippen molar-refractivity contribution in [1.82, 2.24) is 15.1 Å². The highest BCUT2D eigenvalue weighted by molar-refractivity contribution is 5.90. The zero-order valence-electron chi connectivity index (χ0n) is 14.4. The highest BCUT2D eigenvalue weighted by Gasteiger charge is 2.08. The van der Waals surface area contributed by atoms with Gasteiger partial charge in [-0.05, 0) is 48.9 Å². The second-order valence-electron chi connectivity index (χ2n) is 5.71. The number of aryl methyl sites for hydroxylation is 3. The van der Waals surface area contributed by atoms with Crippen LogP contribution >= 0.6 is 0 Å². The number of benzene rings is 1. The van der Waals surface area contributed by atoms with Crippen molar-refractivity contribution >= 4 is 11.7 Å². The molecule has 0 fully saturated rings. The van der Waals surface area contributed by atoms with Crippen LogP contribution in [0.15, 0.2) is 24.4 Å². The fourth-order valence-electron chi connectivity index (χ4n) is 2.53. The van der Waals surface area contributed by atoms with Gasteiger partial charge in [-0.15, -0.1) is 0 Å². The van der Waals surface area contributed by atoms with E-state index in [9.17, 15) is 4.79 Å². The lowest BCUT2D eigenvalue weighted by Gasteiger charge is -2.12. The first kappa shape index (κ1) is 17.1. The van der Waals surface area contributed by atoms with E-state index in [2.05, 4.69) is 47.8 Å². The van der Waals surface area contributed by atoms with E-state index in [0.717, 1.165) is 41.8 Å². The molecule has 0 spiro atoms. The van der Waals surface area contributed by atoms with Gasteiger partial charge in [0.1, 0.15) is 0 Å². The normalized spacial score (nSPS) is 10.6. The average Bonchev–Trinajstić information content (AvgIpc) is 2.87. The molecule has 2 aromatic rings. The third-order valence-electron chi connectivity index (χ3n) is 4.23. The lowest BCUT2D eigenvalue weighted by atomic mass is 10.1. The number of anilines is 1. The van der Waals surface area contributed by atoms with Crippen LogP contribution in [0.3, 0.4) is 0 Å². The number of carbonyl (C=O) groups excluding carboxylic acids is 1. The monoisotopic (exact) mass is 314 g/mol. The zero-order valence-corrected chi connectivity index (χ0v) is 14.4. The SMILES string of the molecule is CCc1ccc(CC)c(NC(=O)NCCc2cnn(C)c2C)c1. The summed E-state index contributed by atoms with van der Waals surface area (Å²) in [4.78, 5) is 12.1. The lowest BCUT2D eigenvalue weighted by Crippen LogP contribution is -2.30. The minimum Gasteiger partial charge on any atom is -0.338 e. The number of nitrogens with one attached hydrogen (secondary N) is 2. The maximum Gasteiger partial charge on any atom is 0.319 e. The van der Waals surface area contributed by atoms with Crippen molar-refractivity contribution in [3.63, 3.8) is 0 Å². The quantitative estimate of drug-likeness (QED) is 0.860. The Kier molecular flexibility index (Phi) is 5.79. The van der Waals surface area contributed by atoms with E-state index in [4.69, 9.17) is 0 Å². The van der Waals surface area contributed by atoms with Crippen molar-refractivity contribution in [2.45, 2.75) is 40.0 Å². The van der Waals surface area contributed by atoms with Crippen LogP contribution in [-0.4, -0.2) is 22.4 Å². The molecule has 0 atom stereocenters. The van der Waals surface area contributed by atoms with Crippen LogP contribution in [0.1, 0.15) is 36.2 Å². The van der Waals surface area contributed by atoms with E-state index in [1.165, 1.54) is 5.56 Å². The molecular formula is C18H26N4O. The van der Waals surface area contributed by atoms with Gasteiger partial charge in [-0.25, -0.2) is 4.79 Å². The molecule has 1 aromatic carbocycles. The molecule has 23 heavy (non-hydrogen) atoms. The van der Waals surface area contributed by atoms with Gasteiger partial charge in [0.25, 0.3) is 0 Å². The Hall–Kier alpha value is -2.30. The van der Waals surface area contributed by atoms with Crippen molar-refractivity contribution < 1.29 is 4.79 Å². The number of hydrogen-bond acceptors (Lipinski definition) is 2. The minimum absolute atomic E-state index is 0.158. The van der Waals surface area contributed by atoms with E-state index < -0.39 is 0 Å². The second-order valence-corrected chi connectivity index (χ2v) is 5.71. The molecule has 0 aliphatic rings. The molecule has 0 aliphatic heterocycles. The number of hydrogen-bond donors (Lipinski definition) is 2. The first-order chi connectivity index (χ1) is 11.0. The van der Waals surface area contributed by atoms with Crippen molar-refractivity contribution in [3.05, 3.63) is 46.8 Å². The Labute approximate surface area is 138 Å². The fourth-order valence-corrected chi connectivity index (χ4v) is 2.53. The van der Waals surface area contributed by atoms with Crippen molar-refractivity contribution in [3.8, 4) is 0 Å². The number of nitrogens with zero attached hydrogens (tertiary/aromatic N) is 2. The van der Waals surface area contributed by atoms with Crippen LogP contribution in [-0.2, 0) is 26.3 Å². The number of rotatable bonds is 6. The number of aromatic nitrogens is 2. The highest BCUT2D eigenvalue weighted by atomic mass is 16.2. The van der Waals surface area contributed by atoms with E-state index in [1.54, 1.807) is 0 Å². The average molecular weight is 314 g/mol. The van der Waals surface area contributed by atoms with Gasteiger partial charge >= 0.3 is 6.03 Å². The molecule has 5 nitrogen and oxygen atoms in total. The molecule has 124 valence electrons. The Morgan fingerprint density at radius 3 is 2.61 bits per heavy atom. The van der Waals surface area contributed by atoms with Gasteiger partial charge in [-0.3, -0.25) is 4.68 Å². The maximum absolute atomic E-state index is 12.1. The Morgan fingerprint density at radius 2 is 2.00 bits per heavy atom. The van der Waals surface area contributed by atoms with Crippen LogP contribution in [0.2, 0.25) is 0 Å².